The van der Waals surface area contributed by atoms with Crippen LogP contribution in [0.1, 0.15) is 11.4 Å². The number of aryl methyl sites for hydroxylation is 1. The van der Waals surface area contributed by atoms with Gasteiger partial charge in [-0.15, -0.1) is 11.3 Å². The van der Waals surface area contributed by atoms with Gasteiger partial charge in [-0.2, -0.15) is 5.10 Å². The number of carbonyl (C=O) groups excluding carboxylic acids is 1. The molecule has 29 heavy (non-hydrogen) atoms. The third kappa shape index (κ3) is 3.01. The quantitative estimate of drug-likeness (QED) is 0.472. The summed E-state index contributed by atoms with van der Waals surface area (Å²) in [5.41, 5.74) is 3.50. The average molecular weight is 405 g/mol. The summed E-state index contributed by atoms with van der Waals surface area (Å²) < 4.78 is 4.13. The van der Waals surface area contributed by atoms with Crippen LogP contribution in [0.3, 0.4) is 0 Å². The molecule has 0 spiro atoms. The van der Waals surface area contributed by atoms with Gasteiger partial charge in [0.15, 0.2) is 0 Å². The van der Waals surface area contributed by atoms with Crippen molar-refractivity contribution in [2.24, 2.45) is 0 Å². The number of H-pyrrole nitrogens is 1. The van der Waals surface area contributed by atoms with Gasteiger partial charge in [0.1, 0.15) is 17.9 Å². The number of aromatic nitrogens is 4. The molecule has 0 unspecified atom stereocenters. The second-order valence-electron chi connectivity index (χ2n) is 7.00. The molecule has 8 heteroatoms. The molecule has 0 radical (unpaired) electrons. The second-order valence-corrected chi connectivity index (χ2v) is 7.95. The number of nitrogens with one attached hydrogen (secondary N) is 2. The van der Waals surface area contributed by atoms with Crippen molar-refractivity contribution in [2.45, 2.75) is 19.9 Å². The highest BCUT2D eigenvalue weighted by Crippen LogP contribution is 2.24. The number of thiophene rings is 1. The van der Waals surface area contributed by atoms with Crippen LogP contribution >= 0.6 is 11.3 Å². The smallest absolute Gasteiger partial charge is 0.291 e. The fraction of sp³-hybridized carbons (Fsp3) is 0.190. The molecule has 1 amide bonds. The number of aromatic amines is 1. The third-order valence-corrected chi connectivity index (χ3v) is 6.00. The third-order valence-electron chi connectivity index (χ3n) is 5.15. The Morgan fingerprint density at radius 3 is 3.00 bits per heavy atom. The minimum absolute atomic E-state index is 0.0944. The molecule has 1 aromatic carbocycles. The van der Waals surface area contributed by atoms with Crippen LogP contribution in [0, 0.1) is 6.92 Å². The number of hydrogen-bond donors (Lipinski definition) is 2. The zero-order chi connectivity index (χ0) is 20.0. The first kappa shape index (κ1) is 17.7. The van der Waals surface area contributed by atoms with Crippen LogP contribution < -0.4 is 10.9 Å². The Balaban J connectivity index is 1.31. The van der Waals surface area contributed by atoms with E-state index in [0.29, 0.717) is 24.3 Å². The molecule has 0 aliphatic carbocycles. The Morgan fingerprint density at radius 1 is 1.24 bits per heavy atom. The van der Waals surface area contributed by atoms with Crippen molar-refractivity contribution in [3.05, 3.63) is 69.7 Å². The monoisotopic (exact) mass is 405 g/mol. The first-order valence-corrected chi connectivity index (χ1v) is 10.3. The highest BCUT2D eigenvalue weighted by Gasteiger charge is 2.14. The van der Waals surface area contributed by atoms with E-state index in [0.717, 1.165) is 26.7 Å². The number of benzene rings is 1. The van der Waals surface area contributed by atoms with Crippen molar-refractivity contribution in [2.75, 3.05) is 6.54 Å². The maximum atomic E-state index is 12.8. The van der Waals surface area contributed by atoms with Crippen LogP contribution in [-0.2, 0) is 17.8 Å². The van der Waals surface area contributed by atoms with Gasteiger partial charge in [0.2, 0.25) is 5.91 Å². The summed E-state index contributed by atoms with van der Waals surface area (Å²) in [6, 6.07) is 11.9. The molecular formula is C21H19N5O2S. The summed E-state index contributed by atoms with van der Waals surface area (Å²) >= 11 is 1.58. The normalized spacial score (nSPS) is 11.6. The fourth-order valence-corrected chi connectivity index (χ4v) is 4.61. The van der Waals surface area contributed by atoms with E-state index in [1.807, 2.05) is 53.2 Å². The first-order valence-electron chi connectivity index (χ1n) is 9.40. The minimum atomic E-state index is -0.259. The number of nitrogens with zero attached hydrogens (tertiary/aromatic N) is 3. The van der Waals surface area contributed by atoms with E-state index in [9.17, 15) is 9.59 Å². The van der Waals surface area contributed by atoms with Crippen LogP contribution in [0.2, 0.25) is 0 Å². The van der Waals surface area contributed by atoms with E-state index in [1.54, 1.807) is 11.3 Å². The number of para-hydroxylation sites is 1. The predicted octanol–water partition coefficient (Wildman–Crippen LogP) is 2.86. The number of hydrogen-bond acceptors (Lipinski definition) is 4. The molecule has 5 rings (SSSR count). The molecule has 4 heterocycles. The van der Waals surface area contributed by atoms with Crippen molar-refractivity contribution in [1.82, 2.24) is 24.5 Å². The number of amides is 1. The average Bonchev–Trinajstić information content (AvgIpc) is 3.40. The van der Waals surface area contributed by atoms with Crippen LogP contribution in [0.25, 0.3) is 26.6 Å². The number of carbonyl (C=O) groups is 1. The van der Waals surface area contributed by atoms with Gasteiger partial charge in [-0.25, -0.2) is 4.68 Å². The highest BCUT2D eigenvalue weighted by atomic mass is 32.1. The van der Waals surface area contributed by atoms with Crippen molar-refractivity contribution >= 4 is 43.9 Å². The van der Waals surface area contributed by atoms with E-state index >= 15 is 0 Å². The Hall–Kier alpha value is -3.39. The SMILES string of the molecule is Cc1nn(CC(=O)NCCc2c[nH]c3ccccc23)c(=O)c2cc3sccc3n12. The largest absolute Gasteiger partial charge is 0.361 e. The van der Waals surface area contributed by atoms with E-state index in [2.05, 4.69) is 21.5 Å². The summed E-state index contributed by atoms with van der Waals surface area (Å²) in [5.74, 6) is 0.455. The summed E-state index contributed by atoms with van der Waals surface area (Å²) in [4.78, 5) is 28.4. The number of fused-ring (bicyclic) bond motifs is 4. The van der Waals surface area contributed by atoms with Gasteiger partial charge in [0, 0.05) is 23.6 Å². The van der Waals surface area contributed by atoms with Gasteiger partial charge in [-0.1, -0.05) is 18.2 Å². The molecule has 146 valence electrons. The molecule has 4 aromatic heterocycles. The molecular weight excluding hydrogens is 386 g/mol. The minimum Gasteiger partial charge on any atom is -0.361 e. The van der Waals surface area contributed by atoms with Crippen LogP contribution in [0.4, 0.5) is 0 Å². The fourth-order valence-electron chi connectivity index (χ4n) is 3.80. The highest BCUT2D eigenvalue weighted by molar-refractivity contribution is 7.17. The standard InChI is InChI=1S/C21H19N5O2S/c1-13-24-25(21(28)18-10-19-17(26(13)18)7-9-29-19)12-20(27)22-8-6-14-11-23-16-5-3-2-4-15(14)16/h2-5,7,9-11,23H,6,8,12H2,1H3,(H,22,27). The second kappa shape index (κ2) is 6.89. The lowest BCUT2D eigenvalue weighted by molar-refractivity contribution is -0.121. The van der Waals surface area contributed by atoms with Crippen molar-refractivity contribution in [1.29, 1.82) is 0 Å². The molecule has 0 fully saturated rings. The molecule has 2 N–H and O–H groups in total. The summed E-state index contributed by atoms with van der Waals surface area (Å²) in [6.45, 7) is 2.25. The summed E-state index contributed by atoms with van der Waals surface area (Å²) in [5, 5.41) is 10.4. The topological polar surface area (TPSA) is 84.2 Å². The molecule has 0 atom stereocenters. The zero-order valence-corrected chi connectivity index (χ0v) is 16.6. The van der Waals surface area contributed by atoms with E-state index in [4.69, 9.17) is 0 Å². The van der Waals surface area contributed by atoms with E-state index in [-0.39, 0.29) is 18.0 Å². The lowest BCUT2D eigenvalue weighted by atomic mass is 10.1. The number of rotatable bonds is 5. The van der Waals surface area contributed by atoms with E-state index < -0.39 is 0 Å². The molecule has 0 bridgehead atoms. The molecule has 5 aromatic rings. The van der Waals surface area contributed by atoms with Gasteiger partial charge < -0.3 is 10.3 Å². The van der Waals surface area contributed by atoms with Gasteiger partial charge >= 0.3 is 0 Å². The molecule has 0 aliphatic rings. The maximum Gasteiger partial charge on any atom is 0.291 e. The zero-order valence-electron chi connectivity index (χ0n) is 15.8. The molecule has 0 aliphatic heterocycles. The Bertz CT molecular complexity index is 1420. The molecule has 7 nitrogen and oxygen atoms in total. The van der Waals surface area contributed by atoms with Crippen LogP contribution in [-0.4, -0.2) is 31.6 Å². The van der Waals surface area contributed by atoms with E-state index in [1.165, 1.54) is 4.68 Å². The van der Waals surface area contributed by atoms with Crippen LogP contribution in [0.15, 0.2) is 52.8 Å². The van der Waals surface area contributed by atoms with Gasteiger partial charge in [-0.3, -0.25) is 14.0 Å². The van der Waals surface area contributed by atoms with Gasteiger partial charge in [-0.05, 0) is 42.5 Å². The van der Waals surface area contributed by atoms with Crippen molar-refractivity contribution in [3.63, 3.8) is 0 Å². The maximum absolute atomic E-state index is 12.8. The molecule has 0 saturated carbocycles. The molecule has 0 saturated heterocycles. The first-order chi connectivity index (χ1) is 14.1. The van der Waals surface area contributed by atoms with Crippen molar-refractivity contribution in [3.8, 4) is 0 Å². The summed E-state index contributed by atoms with van der Waals surface area (Å²) in [6.07, 6.45) is 2.68. The Morgan fingerprint density at radius 2 is 2.10 bits per heavy atom. The lowest BCUT2D eigenvalue weighted by Crippen LogP contribution is -2.35. The van der Waals surface area contributed by atoms with Gasteiger partial charge in [0.05, 0.1) is 10.2 Å². The lowest BCUT2D eigenvalue weighted by Gasteiger charge is -2.09. The Kier molecular flexibility index (Phi) is 4.21. The van der Waals surface area contributed by atoms with Crippen molar-refractivity contribution < 1.29 is 4.79 Å². The summed E-state index contributed by atoms with van der Waals surface area (Å²) in [7, 11) is 0. The van der Waals surface area contributed by atoms with Crippen LogP contribution in [0.5, 0.6) is 0 Å². The Labute approximate surface area is 169 Å². The van der Waals surface area contributed by atoms with Gasteiger partial charge in [0.25, 0.3) is 5.56 Å². The predicted molar refractivity (Wildman–Crippen MR) is 115 cm³/mol.